The van der Waals surface area contributed by atoms with Gasteiger partial charge in [0.25, 0.3) is 0 Å². The summed E-state index contributed by atoms with van der Waals surface area (Å²) in [6.45, 7) is 0. The van der Waals surface area contributed by atoms with Crippen LogP contribution >= 0.6 is 0 Å². The molecule has 6 heteroatoms. The molecule has 6 fully saturated rings. The number of hydrogen-bond donors (Lipinski definition) is 3. The van der Waals surface area contributed by atoms with E-state index in [9.17, 15) is 20.3 Å². The number of nitriles is 1. The molecular weight excluding hydrogens is 306 g/mol. The van der Waals surface area contributed by atoms with Crippen LogP contribution in [0.5, 0.6) is 0 Å². The molecule has 5 saturated carbocycles. The third-order valence-electron chi connectivity index (χ3n) is 7.49. The minimum Gasteiger partial charge on any atom is -0.390 e. The van der Waals surface area contributed by atoms with Crippen molar-refractivity contribution in [3.05, 3.63) is 0 Å². The summed E-state index contributed by atoms with van der Waals surface area (Å²) in [5.74, 6) is 0.574. The van der Waals surface area contributed by atoms with Crippen LogP contribution in [0.1, 0.15) is 51.4 Å². The lowest BCUT2D eigenvalue weighted by molar-refractivity contribution is -0.234. The topological polar surface area (TPSA) is 111 Å². The summed E-state index contributed by atoms with van der Waals surface area (Å²) in [4.78, 5) is 14.9. The molecule has 1 saturated heterocycles. The minimum absolute atomic E-state index is 0.138. The highest BCUT2D eigenvalue weighted by Gasteiger charge is 2.66. The molecule has 0 aromatic rings. The van der Waals surface area contributed by atoms with Crippen molar-refractivity contribution >= 4 is 5.91 Å². The molecule has 0 radical (unpaired) electrons. The number of nitrogens with zero attached hydrogens (tertiary/aromatic N) is 2. The molecule has 130 valence electrons. The van der Waals surface area contributed by atoms with Crippen LogP contribution < -0.4 is 5.73 Å². The molecule has 1 amide bonds. The van der Waals surface area contributed by atoms with Gasteiger partial charge in [0, 0.05) is 17.9 Å². The van der Waals surface area contributed by atoms with Gasteiger partial charge in [-0.25, -0.2) is 0 Å². The second kappa shape index (κ2) is 4.32. The fourth-order valence-corrected chi connectivity index (χ4v) is 7.07. The fraction of sp³-hybridized carbons (Fsp3) is 0.889. The highest BCUT2D eigenvalue weighted by Crippen LogP contribution is 2.64. The third-order valence-corrected chi connectivity index (χ3v) is 7.49. The van der Waals surface area contributed by atoms with Gasteiger partial charge in [0.05, 0.1) is 23.3 Å². The predicted octanol–water partition coefficient (Wildman–Crippen LogP) is 0.273. The summed E-state index contributed by atoms with van der Waals surface area (Å²) in [7, 11) is 0. The van der Waals surface area contributed by atoms with Gasteiger partial charge in [-0.2, -0.15) is 5.26 Å². The van der Waals surface area contributed by atoms with Crippen molar-refractivity contribution in [3.63, 3.8) is 0 Å². The number of likely N-dealkylation sites (tertiary alicyclic amines) is 1. The first-order chi connectivity index (χ1) is 11.3. The van der Waals surface area contributed by atoms with Gasteiger partial charge < -0.3 is 20.8 Å². The van der Waals surface area contributed by atoms with Gasteiger partial charge in [-0.1, -0.05) is 0 Å². The van der Waals surface area contributed by atoms with Crippen LogP contribution in [-0.4, -0.2) is 50.3 Å². The smallest absolute Gasteiger partial charge is 0.241 e. The van der Waals surface area contributed by atoms with Crippen molar-refractivity contribution in [2.24, 2.45) is 23.0 Å². The lowest BCUT2D eigenvalue weighted by Crippen LogP contribution is -2.69. The van der Waals surface area contributed by atoms with Gasteiger partial charge in [-0.05, 0) is 56.8 Å². The Morgan fingerprint density at radius 2 is 1.83 bits per heavy atom. The van der Waals surface area contributed by atoms with E-state index < -0.39 is 22.7 Å². The second-order valence-electron chi connectivity index (χ2n) is 9.49. The summed E-state index contributed by atoms with van der Waals surface area (Å²) in [6.07, 6.45) is 5.41. The number of amides is 1. The van der Waals surface area contributed by atoms with Gasteiger partial charge >= 0.3 is 0 Å². The Balaban J connectivity index is 1.45. The molecule has 6 atom stereocenters. The first-order valence-electron chi connectivity index (χ1n) is 9.19. The molecule has 6 rings (SSSR count). The number of hydrogen-bond acceptors (Lipinski definition) is 5. The largest absolute Gasteiger partial charge is 0.390 e. The fourth-order valence-electron chi connectivity index (χ4n) is 7.07. The Labute approximate surface area is 141 Å². The summed E-state index contributed by atoms with van der Waals surface area (Å²) < 4.78 is 0. The molecular formula is C18H25N3O3. The highest BCUT2D eigenvalue weighted by molar-refractivity contribution is 5.84. The average Bonchev–Trinajstić information content (AvgIpc) is 3.12. The number of piperidine rings is 1. The molecule has 1 heterocycles. The zero-order valence-corrected chi connectivity index (χ0v) is 13.8. The molecule has 1 aliphatic heterocycles. The van der Waals surface area contributed by atoms with Crippen molar-refractivity contribution in [1.82, 2.24) is 4.90 Å². The Hall–Kier alpha value is -1.16. The van der Waals surface area contributed by atoms with Crippen LogP contribution in [0.25, 0.3) is 0 Å². The summed E-state index contributed by atoms with van der Waals surface area (Å²) in [5, 5.41) is 31.1. The van der Waals surface area contributed by atoms with Crippen LogP contribution in [0.4, 0.5) is 0 Å². The summed E-state index contributed by atoms with van der Waals surface area (Å²) in [5.41, 5.74) is 4.21. The van der Waals surface area contributed by atoms with Crippen LogP contribution in [0.2, 0.25) is 0 Å². The number of nitrogens with two attached hydrogens (primary N) is 1. The lowest BCUT2D eigenvalue weighted by Gasteiger charge is -2.64. The number of rotatable bonds is 2. The molecule has 0 spiro atoms. The molecule has 6 nitrogen and oxygen atoms in total. The minimum atomic E-state index is -0.881. The third kappa shape index (κ3) is 1.89. The van der Waals surface area contributed by atoms with Crippen LogP contribution in [-0.2, 0) is 4.79 Å². The standard InChI is InChI=1S/C18H25N3O3/c19-6-12-1-11-2-13(11)21(12)15(22)14(20)16-3-10-4-17(23,7-16)9-18(24,5-10)8-16/h10-14,23-24H,1-5,7-9,20H2/t10?,11-,12+,13+,14?,16?,17?,18?/m1/s1. The lowest BCUT2D eigenvalue weighted by atomic mass is 9.44. The number of carbonyl (C=O) groups is 1. The van der Waals surface area contributed by atoms with Gasteiger partial charge in [0.15, 0.2) is 0 Å². The molecule has 4 bridgehead atoms. The van der Waals surface area contributed by atoms with E-state index in [1.807, 2.05) is 0 Å². The molecule has 5 aliphatic carbocycles. The van der Waals surface area contributed by atoms with E-state index in [0.29, 0.717) is 38.0 Å². The van der Waals surface area contributed by atoms with Crippen molar-refractivity contribution in [2.75, 3.05) is 0 Å². The second-order valence-corrected chi connectivity index (χ2v) is 9.49. The van der Waals surface area contributed by atoms with Gasteiger partial charge in [0.1, 0.15) is 6.04 Å². The van der Waals surface area contributed by atoms with Gasteiger partial charge in [-0.3, -0.25) is 4.79 Å². The maximum atomic E-state index is 13.2. The maximum Gasteiger partial charge on any atom is 0.241 e. The first kappa shape index (κ1) is 15.1. The van der Waals surface area contributed by atoms with E-state index in [-0.39, 0.29) is 23.9 Å². The number of aliphatic hydroxyl groups is 2. The Morgan fingerprint density at radius 3 is 2.42 bits per heavy atom. The Morgan fingerprint density at radius 1 is 1.17 bits per heavy atom. The summed E-state index contributed by atoms with van der Waals surface area (Å²) >= 11 is 0. The van der Waals surface area contributed by atoms with Gasteiger partial charge in [-0.15, -0.1) is 0 Å². The highest BCUT2D eigenvalue weighted by atomic mass is 16.3. The molecule has 4 N–H and O–H groups in total. The van der Waals surface area contributed by atoms with E-state index in [1.54, 1.807) is 4.90 Å². The number of fused-ring (bicyclic) bond motifs is 1. The van der Waals surface area contributed by atoms with Crippen molar-refractivity contribution in [2.45, 2.75) is 80.7 Å². The molecule has 6 aliphatic rings. The average molecular weight is 331 g/mol. The normalized spacial score (nSPS) is 55.2. The quantitative estimate of drug-likeness (QED) is 0.673. The zero-order chi connectivity index (χ0) is 16.9. The maximum absolute atomic E-state index is 13.2. The van der Waals surface area contributed by atoms with Gasteiger partial charge in [0.2, 0.25) is 5.91 Å². The SMILES string of the molecule is N#C[C@@H]1C[C@@H]2C[C@@H]2N1C(=O)C(N)C12CC3CC(O)(CC(O)(C3)C1)C2. The van der Waals surface area contributed by atoms with Crippen LogP contribution in [0.15, 0.2) is 0 Å². The number of carbonyl (C=O) groups excluding carboxylic acids is 1. The predicted molar refractivity (Wildman–Crippen MR) is 84.3 cm³/mol. The van der Waals surface area contributed by atoms with Crippen LogP contribution in [0.3, 0.4) is 0 Å². The van der Waals surface area contributed by atoms with E-state index >= 15 is 0 Å². The van der Waals surface area contributed by atoms with E-state index in [0.717, 1.165) is 19.3 Å². The Bertz CT molecular complexity index is 640. The monoisotopic (exact) mass is 331 g/mol. The van der Waals surface area contributed by atoms with E-state index in [1.165, 1.54) is 0 Å². The molecule has 3 unspecified atom stereocenters. The molecule has 0 aromatic carbocycles. The summed E-state index contributed by atoms with van der Waals surface area (Å²) in [6, 6.07) is 1.36. The molecule has 0 aromatic heterocycles. The van der Waals surface area contributed by atoms with Crippen molar-refractivity contribution in [1.29, 1.82) is 5.26 Å². The molecule has 24 heavy (non-hydrogen) atoms. The first-order valence-corrected chi connectivity index (χ1v) is 9.19. The van der Waals surface area contributed by atoms with Crippen molar-refractivity contribution in [3.8, 4) is 6.07 Å². The van der Waals surface area contributed by atoms with Crippen molar-refractivity contribution < 1.29 is 15.0 Å². The zero-order valence-electron chi connectivity index (χ0n) is 13.8. The van der Waals surface area contributed by atoms with E-state index in [4.69, 9.17) is 5.73 Å². The Kier molecular flexibility index (Phi) is 2.72. The van der Waals surface area contributed by atoms with E-state index in [2.05, 4.69) is 6.07 Å². The van der Waals surface area contributed by atoms with Crippen LogP contribution in [0, 0.1) is 28.6 Å².